The lowest BCUT2D eigenvalue weighted by molar-refractivity contribution is -0.143. The third-order valence-corrected chi connectivity index (χ3v) is 6.79. The minimum atomic E-state index is -0.218. The Balaban J connectivity index is 1.20. The van der Waals surface area contributed by atoms with Crippen LogP contribution in [0, 0.1) is 11.7 Å². The van der Waals surface area contributed by atoms with Crippen LogP contribution >= 0.6 is 0 Å². The van der Waals surface area contributed by atoms with Gasteiger partial charge in [0.05, 0.1) is 5.92 Å². The number of aryl methyl sites for hydroxylation is 1. The Morgan fingerprint density at radius 3 is 2.36 bits per heavy atom. The number of nitrogens with zero attached hydrogens (tertiary/aromatic N) is 3. The van der Waals surface area contributed by atoms with E-state index >= 15 is 0 Å². The zero-order valence-corrected chi connectivity index (χ0v) is 19.3. The summed E-state index contributed by atoms with van der Waals surface area (Å²) < 4.78 is 13.5. The summed E-state index contributed by atoms with van der Waals surface area (Å²) in [6.07, 6.45) is 4.20. The highest BCUT2D eigenvalue weighted by Crippen LogP contribution is 2.22. The van der Waals surface area contributed by atoms with Gasteiger partial charge in [0.1, 0.15) is 5.82 Å². The molecule has 0 bridgehead atoms. The van der Waals surface area contributed by atoms with E-state index in [1.54, 1.807) is 12.1 Å². The molecule has 0 N–H and O–H groups in total. The van der Waals surface area contributed by atoms with Crippen LogP contribution in [0.4, 0.5) is 4.39 Å². The predicted octanol–water partition coefficient (Wildman–Crippen LogP) is 3.73. The molecule has 2 fully saturated rings. The molecule has 4 rings (SSSR count). The van der Waals surface area contributed by atoms with Crippen molar-refractivity contribution < 1.29 is 14.0 Å². The van der Waals surface area contributed by atoms with Crippen molar-refractivity contribution >= 4 is 11.8 Å². The molecule has 5 nitrogen and oxygen atoms in total. The molecule has 2 aromatic carbocycles. The minimum absolute atomic E-state index is 0.0135. The summed E-state index contributed by atoms with van der Waals surface area (Å²) in [4.78, 5) is 31.8. The van der Waals surface area contributed by atoms with Gasteiger partial charge in [-0.25, -0.2) is 4.39 Å². The average Bonchev–Trinajstić information content (AvgIpc) is 2.84. The van der Waals surface area contributed by atoms with Gasteiger partial charge in [-0.15, -0.1) is 0 Å². The molecule has 6 heteroatoms. The zero-order valence-electron chi connectivity index (χ0n) is 19.3. The molecule has 33 heavy (non-hydrogen) atoms. The lowest BCUT2D eigenvalue weighted by Crippen LogP contribution is -2.53. The van der Waals surface area contributed by atoms with Crippen molar-refractivity contribution in [2.45, 2.75) is 38.6 Å². The highest BCUT2D eigenvalue weighted by molar-refractivity contribution is 5.80. The second kappa shape index (κ2) is 11.4. The number of amides is 2. The predicted molar refractivity (Wildman–Crippen MR) is 127 cm³/mol. The molecule has 0 saturated carbocycles. The van der Waals surface area contributed by atoms with Crippen molar-refractivity contribution in [2.24, 2.45) is 5.92 Å². The maximum atomic E-state index is 13.5. The Labute approximate surface area is 196 Å². The van der Waals surface area contributed by atoms with Crippen molar-refractivity contribution in [3.63, 3.8) is 0 Å². The molecule has 2 saturated heterocycles. The van der Waals surface area contributed by atoms with E-state index in [1.165, 1.54) is 11.6 Å². The molecule has 2 aliphatic heterocycles. The van der Waals surface area contributed by atoms with Crippen LogP contribution in [0.5, 0.6) is 0 Å². The number of benzene rings is 2. The number of piperazine rings is 1. The highest BCUT2D eigenvalue weighted by Gasteiger charge is 2.31. The largest absolute Gasteiger partial charge is 0.339 e. The first-order valence-electron chi connectivity index (χ1n) is 12.2. The van der Waals surface area contributed by atoms with Gasteiger partial charge in [0.25, 0.3) is 0 Å². The first-order chi connectivity index (χ1) is 16.1. The van der Waals surface area contributed by atoms with Gasteiger partial charge < -0.3 is 9.80 Å². The maximum absolute atomic E-state index is 13.5. The zero-order chi connectivity index (χ0) is 23.0. The first kappa shape index (κ1) is 23.4. The monoisotopic (exact) mass is 451 g/mol. The van der Waals surface area contributed by atoms with Gasteiger partial charge in [-0.1, -0.05) is 42.5 Å². The lowest BCUT2D eigenvalue weighted by Gasteiger charge is -2.39. The van der Waals surface area contributed by atoms with Crippen LogP contribution in [0.1, 0.15) is 36.8 Å². The number of rotatable bonds is 7. The normalized spacial score (nSPS) is 19.5. The SMILES string of the molecule is O=C(CCCc1ccccc1)N1CCN(C(=O)C2CCCN(Cc3cccc(F)c3)C2)CC1. The fourth-order valence-electron chi connectivity index (χ4n) is 4.98. The third-order valence-electron chi connectivity index (χ3n) is 6.79. The van der Waals surface area contributed by atoms with Crippen molar-refractivity contribution in [1.29, 1.82) is 0 Å². The number of halogens is 1. The quantitative estimate of drug-likeness (QED) is 0.644. The number of carbonyl (C=O) groups is 2. The smallest absolute Gasteiger partial charge is 0.227 e. The van der Waals surface area contributed by atoms with Gasteiger partial charge in [-0.05, 0) is 55.5 Å². The lowest BCUT2D eigenvalue weighted by atomic mass is 9.95. The number of carbonyl (C=O) groups excluding carboxylic acids is 2. The van der Waals surface area contributed by atoms with E-state index < -0.39 is 0 Å². The molecule has 2 aromatic rings. The first-order valence-corrected chi connectivity index (χ1v) is 12.2. The molecule has 1 unspecified atom stereocenters. The minimum Gasteiger partial charge on any atom is -0.339 e. The molecule has 2 amide bonds. The summed E-state index contributed by atoms with van der Waals surface area (Å²) >= 11 is 0. The Morgan fingerprint density at radius 2 is 1.61 bits per heavy atom. The van der Waals surface area contributed by atoms with Crippen LogP contribution in [0.15, 0.2) is 54.6 Å². The van der Waals surface area contributed by atoms with Crippen LogP contribution in [-0.2, 0) is 22.6 Å². The molecule has 176 valence electrons. The third kappa shape index (κ3) is 6.64. The van der Waals surface area contributed by atoms with Gasteiger partial charge in [-0.2, -0.15) is 0 Å². The molecule has 0 aromatic heterocycles. The highest BCUT2D eigenvalue weighted by atomic mass is 19.1. The number of likely N-dealkylation sites (tertiary alicyclic amines) is 1. The van der Waals surface area contributed by atoms with Gasteiger partial charge in [0, 0.05) is 45.7 Å². The number of piperidine rings is 1. The number of hydrogen-bond donors (Lipinski definition) is 0. The summed E-state index contributed by atoms with van der Waals surface area (Å²) in [6.45, 7) is 4.80. The van der Waals surface area contributed by atoms with Crippen LogP contribution < -0.4 is 0 Å². The fourth-order valence-corrected chi connectivity index (χ4v) is 4.98. The van der Waals surface area contributed by atoms with E-state index in [0.717, 1.165) is 37.8 Å². The van der Waals surface area contributed by atoms with Crippen molar-refractivity contribution in [1.82, 2.24) is 14.7 Å². The van der Waals surface area contributed by atoms with Crippen LogP contribution in [0.2, 0.25) is 0 Å². The average molecular weight is 452 g/mol. The Morgan fingerprint density at radius 1 is 0.879 bits per heavy atom. The Bertz CT molecular complexity index is 928. The van der Waals surface area contributed by atoms with Crippen molar-refractivity contribution in [3.8, 4) is 0 Å². The second-order valence-electron chi connectivity index (χ2n) is 9.25. The van der Waals surface area contributed by atoms with Gasteiger partial charge >= 0.3 is 0 Å². The van der Waals surface area contributed by atoms with E-state index in [0.29, 0.717) is 45.7 Å². The fraction of sp³-hybridized carbons (Fsp3) is 0.481. The number of hydrogen-bond acceptors (Lipinski definition) is 3. The second-order valence-corrected chi connectivity index (χ2v) is 9.25. The van der Waals surface area contributed by atoms with Crippen LogP contribution in [0.25, 0.3) is 0 Å². The van der Waals surface area contributed by atoms with Crippen molar-refractivity contribution in [2.75, 3.05) is 39.3 Å². The molecule has 2 heterocycles. The van der Waals surface area contributed by atoms with Gasteiger partial charge in [0.15, 0.2) is 0 Å². The maximum Gasteiger partial charge on any atom is 0.227 e. The molecule has 2 aliphatic rings. The summed E-state index contributed by atoms with van der Waals surface area (Å²) in [5, 5.41) is 0. The molecule has 0 aliphatic carbocycles. The molecule has 0 radical (unpaired) electrons. The summed E-state index contributed by atoms with van der Waals surface area (Å²) in [5.41, 5.74) is 2.21. The van der Waals surface area contributed by atoms with E-state index in [1.807, 2.05) is 34.1 Å². The van der Waals surface area contributed by atoms with E-state index in [4.69, 9.17) is 0 Å². The Kier molecular flexibility index (Phi) is 8.10. The molecule has 1 atom stereocenters. The van der Waals surface area contributed by atoms with Crippen LogP contribution in [0.3, 0.4) is 0 Å². The molecular formula is C27H34FN3O2. The van der Waals surface area contributed by atoms with E-state index in [9.17, 15) is 14.0 Å². The van der Waals surface area contributed by atoms with E-state index in [-0.39, 0.29) is 23.5 Å². The van der Waals surface area contributed by atoms with E-state index in [2.05, 4.69) is 17.0 Å². The molecule has 0 spiro atoms. The standard InChI is InChI=1S/C27H34FN3O2/c28-25-12-4-10-23(19-25)20-29-14-6-11-24(21-29)27(33)31-17-15-30(16-18-31)26(32)13-5-9-22-7-2-1-3-8-22/h1-4,7-8,10,12,19,24H,5-6,9,11,13-18,20-21H2. The van der Waals surface area contributed by atoms with Gasteiger partial charge in [-0.3, -0.25) is 14.5 Å². The molecular weight excluding hydrogens is 417 g/mol. The topological polar surface area (TPSA) is 43.9 Å². The van der Waals surface area contributed by atoms with Crippen molar-refractivity contribution in [3.05, 3.63) is 71.5 Å². The Hall–Kier alpha value is -2.73. The summed E-state index contributed by atoms with van der Waals surface area (Å²) in [6, 6.07) is 17.0. The van der Waals surface area contributed by atoms with Crippen LogP contribution in [-0.4, -0.2) is 65.8 Å². The van der Waals surface area contributed by atoms with Gasteiger partial charge in [0.2, 0.25) is 11.8 Å². The summed E-state index contributed by atoms with van der Waals surface area (Å²) in [7, 11) is 0. The summed E-state index contributed by atoms with van der Waals surface area (Å²) in [5.74, 6) is 0.164.